The second kappa shape index (κ2) is 7.65. The number of allylic oxidation sites excluding steroid dienone is 1. The first-order valence-corrected chi connectivity index (χ1v) is 7.33. The molecule has 0 heterocycles. The van der Waals surface area contributed by atoms with Crippen LogP contribution in [0.15, 0.2) is 35.2 Å². The van der Waals surface area contributed by atoms with Crippen molar-refractivity contribution in [1.29, 1.82) is 0 Å². The molecule has 0 radical (unpaired) electrons. The normalized spacial score (nSPS) is 12.0. The summed E-state index contributed by atoms with van der Waals surface area (Å²) in [5.74, 6) is 0.683. The molecule has 0 spiro atoms. The van der Waals surface area contributed by atoms with E-state index in [1.807, 2.05) is 6.08 Å². The average Bonchev–Trinajstić information content (AvgIpc) is 2.26. The van der Waals surface area contributed by atoms with Crippen LogP contribution in [0.1, 0.15) is 18.9 Å². The van der Waals surface area contributed by atoms with E-state index in [4.69, 9.17) is 0 Å². The number of carbonyl (C=O) groups is 1. The van der Waals surface area contributed by atoms with Crippen LogP contribution in [-0.4, -0.2) is 16.4 Å². The average molecular weight is 306 g/mol. The van der Waals surface area contributed by atoms with Gasteiger partial charge in [-0.25, -0.2) is 0 Å². The summed E-state index contributed by atoms with van der Waals surface area (Å²) in [6, 6.07) is 6.26. The molecule has 104 valence electrons. The maximum atomic E-state index is 12.2. The van der Waals surface area contributed by atoms with Gasteiger partial charge in [-0.3, -0.25) is 4.79 Å². The second-order valence-electron chi connectivity index (χ2n) is 3.65. The molecular weight excluding hydrogens is 293 g/mol. The lowest BCUT2D eigenvalue weighted by Crippen LogP contribution is -1.98. The standard InChI is InChI=1S/C13H13F3OS2/c1-10(17)18-8-3-2-5-11-6-4-7-12(9-11)19-13(14,15)16/h2,4-7,9H,3,8H2,1H3. The van der Waals surface area contributed by atoms with Gasteiger partial charge in [0.15, 0.2) is 5.12 Å². The highest BCUT2D eigenvalue weighted by Crippen LogP contribution is 2.37. The zero-order chi connectivity index (χ0) is 14.3. The van der Waals surface area contributed by atoms with E-state index < -0.39 is 5.51 Å². The number of halogens is 3. The van der Waals surface area contributed by atoms with Gasteiger partial charge in [-0.2, -0.15) is 13.2 Å². The van der Waals surface area contributed by atoms with Crippen molar-refractivity contribution in [3.63, 3.8) is 0 Å². The van der Waals surface area contributed by atoms with E-state index in [-0.39, 0.29) is 21.8 Å². The van der Waals surface area contributed by atoms with Crippen LogP contribution in [0.5, 0.6) is 0 Å². The van der Waals surface area contributed by atoms with Gasteiger partial charge in [-0.15, -0.1) is 0 Å². The third kappa shape index (κ3) is 8.00. The third-order valence-electron chi connectivity index (χ3n) is 1.99. The molecule has 0 N–H and O–H groups in total. The Morgan fingerprint density at radius 1 is 1.37 bits per heavy atom. The van der Waals surface area contributed by atoms with Crippen LogP contribution in [0.3, 0.4) is 0 Å². The highest BCUT2D eigenvalue weighted by atomic mass is 32.2. The van der Waals surface area contributed by atoms with Gasteiger partial charge in [0, 0.05) is 17.6 Å². The highest BCUT2D eigenvalue weighted by Gasteiger charge is 2.29. The third-order valence-corrected chi connectivity index (χ3v) is 3.56. The van der Waals surface area contributed by atoms with E-state index in [1.54, 1.807) is 18.2 Å². The predicted octanol–water partition coefficient (Wildman–Crippen LogP) is 4.98. The Bertz CT molecular complexity index is 455. The first kappa shape index (κ1) is 16.2. The minimum Gasteiger partial charge on any atom is -0.288 e. The van der Waals surface area contributed by atoms with Crippen molar-refractivity contribution in [2.75, 3.05) is 5.75 Å². The number of thioether (sulfide) groups is 2. The van der Waals surface area contributed by atoms with E-state index >= 15 is 0 Å². The van der Waals surface area contributed by atoms with Crippen LogP contribution in [0, 0.1) is 0 Å². The number of benzene rings is 1. The topological polar surface area (TPSA) is 17.1 Å². The molecule has 0 atom stereocenters. The molecule has 0 aliphatic heterocycles. The summed E-state index contributed by atoms with van der Waals surface area (Å²) in [6.45, 7) is 1.51. The Kier molecular flexibility index (Phi) is 6.51. The highest BCUT2D eigenvalue weighted by molar-refractivity contribution is 8.13. The molecule has 0 aromatic heterocycles. The Balaban J connectivity index is 2.52. The quantitative estimate of drug-likeness (QED) is 0.564. The van der Waals surface area contributed by atoms with Gasteiger partial charge in [0.05, 0.1) is 0 Å². The molecule has 0 saturated heterocycles. The summed E-state index contributed by atoms with van der Waals surface area (Å²) >= 11 is 1.11. The number of alkyl halides is 3. The zero-order valence-electron chi connectivity index (χ0n) is 10.2. The number of rotatable bonds is 5. The number of carbonyl (C=O) groups excluding carboxylic acids is 1. The fraction of sp³-hybridized carbons (Fsp3) is 0.308. The van der Waals surface area contributed by atoms with Crippen LogP contribution in [0.4, 0.5) is 13.2 Å². The van der Waals surface area contributed by atoms with Crippen molar-refractivity contribution >= 4 is 34.7 Å². The minimum atomic E-state index is -4.26. The van der Waals surface area contributed by atoms with Crippen LogP contribution in [0.2, 0.25) is 0 Å². The Labute approximate surface area is 118 Å². The summed E-state index contributed by atoms with van der Waals surface area (Å²) in [5.41, 5.74) is -3.54. The maximum Gasteiger partial charge on any atom is 0.446 e. The van der Waals surface area contributed by atoms with E-state index in [0.717, 1.165) is 5.56 Å². The first-order chi connectivity index (χ1) is 8.87. The van der Waals surface area contributed by atoms with Gasteiger partial charge in [0.1, 0.15) is 0 Å². The van der Waals surface area contributed by atoms with Crippen molar-refractivity contribution in [2.45, 2.75) is 23.7 Å². The zero-order valence-corrected chi connectivity index (χ0v) is 11.9. The molecule has 0 aliphatic rings. The van der Waals surface area contributed by atoms with Crippen molar-refractivity contribution < 1.29 is 18.0 Å². The summed E-state index contributed by atoms with van der Waals surface area (Å²) in [5, 5.41) is 0.0666. The number of hydrogen-bond donors (Lipinski definition) is 0. The molecule has 0 saturated carbocycles. The molecule has 0 fully saturated rings. The fourth-order valence-corrected chi connectivity index (χ4v) is 2.46. The lowest BCUT2D eigenvalue weighted by molar-refractivity contribution is -0.109. The summed E-state index contributed by atoms with van der Waals surface area (Å²) in [7, 11) is 0. The van der Waals surface area contributed by atoms with Crippen LogP contribution in [-0.2, 0) is 4.79 Å². The minimum absolute atomic E-state index is 0.0666. The summed E-state index contributed by atoms with van der Waals surface area (Å²) in [6.07, 6.45) is 4.33. The first-order valence-electron chi connectivity index (χ1n) is 5.52. The smallest absolute Gasteiger partial charge is 0.288 e. The SMILES string of the molecule is CC(=O)SCCC=Cc1cccc(SC(F)(F)F)c1. The molecule has 0 aliphatic carbocycles. The molecule has 1 aromatic rings. The fourth-order valence-electron chi connectivity index (χ4n) is 1.31. The summed E-state index contributed by atoms with van der Waals surface area (Å²) < 4.78 is 36.6. The largest absolute Gasteiger partial charge is 0.446 e. The van der Waals surface area contributed by atoms with Crippen LogP contribution in [0.25, 0.3) is 6.08 Å². The van der Waals surface area contributed by atoms with Gasteiger partial charge in [0.25, 0.3) is 0 Å². The Morgan fingerprint density at radius 2 is 2.11 bits per heavy atom. The van der Waals surface area contributed by atoms with Gasteiger partial charge < -0.3 is 0 Å². The van der Waals surface area contributed by atoms with Gasteiger partial charge in [-0.1, -0.05) is 36.0 Å². The van der Waals surface area contributed by atoms with Gasteiger partial charge >= 0.3 is 5.51 Å². The monoisotopic (exact) mass is 306 g/mol. The van der Waals surface area contributed by atoms with E-state index in [9.17, 15) is 18.0 Å². The summed E-state index contributed by atoms with van der Waals surface area (Å²) in [4.78, 5) is 10.9. The van der Waals surface area contributed by atoms with Crippen LogP contribution < -0.4 is 0 Å². The molecular formula is C13H13F3OS2. The molecule has 0 amide bonds. The van der Waals surface area contributed by atoms with Crippen molar-refractivity contribution in [3.8, 4) is 0 Å². The van der Waals surface area contributed by atoms with E-state index in [2.05, 4.69) is 0 Å². The van der Waals surface area contributed by atoms with Crippen molar-refractivity contribution in [1.82, 2.24) is 0 Å². The Hall–Kier alpha value is -0.880. The van der Waals surface area contributed by atoms with E-state index in [1.165, 1.54) is 30.8 Å². The Morgan fingerprint density at radius 3 is 2.74 bits per heavy atom. The predicted molar refractivity (Wildman–Crippen MR) is 75.1 cm³/mol. The molecule has 1 aromatic carbocycles. The molecule has 0 bridgehead atoms. The lowest BCUT2D eigenvalue weighted by Gasteiger charge is -2.05. The second-order valence-corrected chi connectivity index (χ2v) is 6.06. The molecule has 0 unspecified atom stereocenters. The molecule has 6 heteroatoms. The lowest BCUT2D eigenvalue weighted by atomic mass is 10.2. The molecule has 1 nitrogen and oxygen atoms in total. The molecule has 19 heavy (non-hydrogen) atoms. The van der Waals surface area contributed by atoms with Gasteiger partial charge in [-0.05, 0) is 35.9 Å². The maximum absolute atomic E-state index is 12.2. The van der Waals surface area contributed by atoms with E-state index in [0.29, 0.717) is 12.2 Å². The van der Waals surface area contributed by atoms with Crippen molar-refractivity contribution in [2.24, 2.45) is 0 Å². The van der Waals surface area contributed by atoms with Crippen LogP contribution >= 0.6 is 23.5 Å². The molecule has 1 rings (SSSR count). The van der Waals surface area contributed by atoms with Gasteiger partial charge in [0.2, 0.25) is 0 Å². The number of hydrogen-bond acceptors (Lipinski definition) is 3. The van der Waals surface area contributed by atoms with Crippen molar-refractivity contribution in [3.05, 3.63) is 35.9 Å².